The first-order valence-electron chi connectivity index (χ1n) is 11.0. The molecule has 0 amide bonds. The van der Waals surface area contributed by atoms with Gasteiger partial charge in [0.2, 0.25) is 0 Å². The number of hydrogen-bond acceptors (Lipinski definition) is 3. The van der Waals surface area contributed by atoms with Crippen molar-refractivity contribution in [1.29, 1.82) is 0 Å². The average Bonchev–Trinajstić information content (AvgIpc) is 2.61. The van der Waals surface area contributed by atoms with Crippen LogP contribution in [0.5, 0.6) is 0 Å². The van der Waals surface area contributed by atoms with Gasteiger partial charge in [0, 0.05) is 0 Å². The normalized spacial score (nSPS) is 12.3. The van der Waals surface area contributed by atoms with Crippen LogP contribution in [0.2, 0.25) is 0 Å². The van der Waals surface area contributed by atoms with Crippen molar-refractivity contribution in [2.24, 2.45) is 0 Å². The molecule has 1 N–H and O–H groups in total. The molecule has 1 unspecified atom stereocenters. The van der Waals surface area contributed by atoms with Crippen molar-refractivity contribution in [2.75, 3.05) is 7.11 Å². The van der Waals surface area contributed by atoms with Crippen molar-refractivity contribution >= 4 is 5.97 Å². The molecule has 150 valence electrons. The van der Waals surface area contributed by atoms with E-state index >= 15 is 0 Å². The Morgan fingerprint density at radius 3 is 1.44 bits per heavy atom. The maximum atomic E-state index is 11.0. The minimum Gasteiger partial charge on any atom is -0.469 e. The van der Waals surface area contributed by atoms with Gasteiger partial charge in [-0.1, -0.05) is 110 Å². The zero-order valence-corrected chi connectivity index (χ0v) is 17.1. The van der Waals surface area contributed by atoms with E-state index in [1.807, 2.05) is 0 Å². The highest BCUT2D eigenvalue weighted by molar-refractivity contribution is 5.69. The Hall–Kier alpha value is -0.570. The topological polar surface area (TPSA) is 46.5 Å². The van der Waals surface area contributed by atoms with Gasteiger partial charge in [-0.3, -0.25) is 4.79 Å². The summed E-state index contributed by atoms with van der Waals surface area (Å²) < 4.78 is 4.55. The Morgan fingerprint density at radius 2 is 1.08 bits per heavy atom. The molecule has 3 heteroatoms. The highest BCUT2D eigenvalue weighted by Crippen LogP contribution is 2.14. The molecular formula is C22H44O3. The van der Waals surface area contributed by atoms with Gasteiger partial charge in [-0.25, -0.2) is 0 Å². The van der Waals surface area contributed by atoms with Gasteiger partial charge in [0.05, 0.1) is 19.6 Å². The van der Waals surface area contributed by atoms with Gasteiger partial charge in [-0.15, -0.1) is 0 Å². The Kier molecular flexibility index (Phi) is 19.3. The lowest BCUT2D eigenvalue weighted by Gasteiger charge is -2.08. The van der Waals surface area contributed by atoms with Crippen LogP contribution in [-0.2, 0) is 9.53 Å². The lowest BCUT2D eigenvalue weighted by atomic mass is 10.0. The number of aliphatic hydroxyl groups is 1. The zero-order valence-electron chi connectivity index (χ0n) is 17.1. The monoisotopic (exact) mass is 356 g/mol. The molecule has 3 nitrogen and oxygen atoms in total. The van der Waals surface area contributed by atoms with E-state index in [2.05, 4.69) is 11.7 Å². The molecule has 0 aliphatic rings. The second-order valence-corrected chi connectivity index (χ2v) is 7.53. The van der Waals surface area contributed by atoms with Gasteiger partial charge >= 0.3 is 5.97 Å². The maximum absolute atomic E-state index is 11.0. The molecule has 0 fully saturated rings. The number of unbranched alkanes of at least 4 members (excludes halogenated alkanes) is 15. The Labute approximate surface area is 156 Å². The van der Waals surface area contributed by atoms with Crippen molar-refractivity contribution < 1.29 is 14.6 Å². The van der Waals surface area contributed by atoms with Crippen LogP contribution in [0.4, 0.5) is 0 Å². The van der Waals surface area contributed by atoms with Crippen LogP contribution < -0.4 is 0 Å². The fourth-order valence-electron chi connectivity index (χ4n) is 3.31. The molecule has 25 heavy (non-hydrogen) atoms. The van der Waals surface area contributed by atoms with Crippen LogP contribution in [0.1, 0.15) is 122 Å². The summed E-state index contributed by atoms with van der Waals surface area (Å²) in [6, 6.07) is 0. The number of hydrogen-bond donors (Lipinski definition) is 1. The highest BCUT2D eigenvalue weighted by Gasteiger charge is 2.10. The van der Waals surface area contributed by atoms with E-state index in [-0.39, 0.29) is 12.4 Å². The van der Waals surface area contributed by atoms with E-state index in [0.717, 1.165) is 12.8 Å². The van der Waals surface area contributed by atoms with Crippen LogP contribution in [0, 0.1) is 0 Å². The second-order valence-electron chi connectivity index (χ2n) is 7.53. The van der Waals surface area contributed by atoms with E-state index in [0.29, 0.717) is 6.42 Å². The summed E-state index contributed by atoms with van der Waals surface area (Å²) in [5.41, 5.74) is 0. The number of carbonyl (C=O) groups excluding carboxylic acids is 1. The SMILES string of the molecule is CCCCCCCCCCCCCCCCCCC(O)CC(=O)OC. The quantitative estimate of drug-likeness (QED) is 0.210. The molecule has 0 heterocycles. The standard InChI is InChI=1S/C22H44O3/c1-3-4-5-6-7-8-9-10-11-12-13-14-15-16-17-18-19-21(23)20-22(24)25-2/h21,23H,3-20H2,1-2H3. The third kappa shape index (κ3) is 19.6. The van der Waals surface area contributed by atoms with Gasteiger partial charge in [0.25, 0.3) is 0 Å². The molecule has 0 spiro atoms. The Balaban J connectivity index is 3.10. The highest BCUT2D eigenvalue weighted by atomic mass is 16.5. The smallest absolute Gasteiger partial charge is 0.308 e. The summed E-state index contributed by atoms with van der Waals surface area (Å²) in [5.74, 6) is -0.316. The lowest BCUT2D eigenvalue weighted by molar-refractivity contribution is -0.142. The van der Waals surface area contributed by atoms with Crippen LogP contribution in [0.25, 0.3) is 0 Å². The summed E-state index contributed by atoms with van der Waals surface area (Å²) in [7, 11) is 1.36. The molecular weight excluding hydrogens is 312 g/mol. The second kappa shape index (κ2) is 19.8. The first-order chi connectivity index (χ1) is 12.2. The molecule has 0 aliphatic carbocycles. The van der Waals surface area contributed by atoms with E-state index in [9.17, 15) is 9.90 Å². The molecule has 0 rings (SSSR count). The van der Waals surface area contributed by atoms with Gasteiger partial charge in [-0.2, -0.15) is 0 Å². The van der Waals surface area contributed by atoms with Crippen molar-refractivity contribution in [3.05, 3.63) is 0 Å². The molecule has 0 aromatic carbocycles. The number of methoxy groups -OCH3 is 1. The minimum atomic E-state index is -0.529. The fourth-order valence-corrected chi connectivity index (χ4v) is 3.31. The molecule has 0 aromatic rings. The first kappa shape index (κ1) is 24.4. The number of carbonyl (C=O) groups is 1. The summed E-state index contributed by atoms with van der Waals surface area (Å²) in [5, 5.41) is 9.67. The largest absolute Gasteiger partial charge is 0.469 e. The number of aliphatic hydroxyl groups excluding tert-OH is 1. The Morgan fingerprint density at radius 1 is 0.720 bits per heavy atom. The van der Waals surface area contributed by atoms with E-state index in [4.69, 9.17) is 0 Å². The molecule has 0 saturated heterocycles. The van der Waals surface area contributed by atoms with Crippen molar-refractivity contribution in [3.63, 3.8) is 0 Å². The molecule has 0 bridgehead atoms. The number of rotatable bonds is 19. The fraction of sp³-hybridized carbons (Fsp3) is 0.955. The van der Waals surface area contributed by atoms with E-state index in [1.54, 1.807) is 0 Å². The van der Waals surface area contributed by atoms with Gasteiger partial charge < -0.3 is 9.84 Å². The molecule has 0 aliphatic heterocycles. The van der Waals surface area contributed by atoms with Crippen molar-refractivity contribution in [2.45, 2.75) is 129 Å². The van der Waals surface area contributed by atoms with Gasteiger partial charge in [-0.05, 0) is 6.42 Å². The summed E-state index contributed by atoms with van der Waals surface area (Å²) in [6.45, 7) is 2.28. The molecule has 0 aromatic heterocycles. The third-order valence-electron chi connectivity index (χ3n) is 5.02. The lowest BCUT2D eigenvalue weighted by Crippen LogP contribution is -2.14. The summed E-state index contributed by atoms with van der Waals surface area (Å²) in [6.07, 6.45) is 21.9. The summed E-state index contributed by atoms with van der Waals surface area (Å²) in [4.78, 5) is 11.0. The van der Waals surface area contributed by atoms with Crippen LogP contribution >= 0.6 is 0 Å². The third-order valence-corrected chi connectivity index (χ3v) is 5.02. The molecule has 0 radical (unpaired) electrons. The van der Waals surface area contributed by atoms with Crippen LogP contribution in [0.15, 0.2) is 0 Å². The number of ether oxygens (including phenoxy) is 1. The first-order valence-corrected chi connectivity index (χ1v) is 11.0. The predicted octanol–water partition coefficient (Wildman–Crippen LogP) is 6.56. The van der Waals surface area contributed by atoms with Crippen LogP contribution in [0.3, 0.4) is 0 Å². The molecule has 1 atom stereocenters. The molecule has 0 saturated carbocycles. The summed E-state index contributed by atoms with van der Waals surface area (Å²) >= 11 is 0. The minimum absolute atomic E-state index is 0.134. The van der Waals surface area contributed by atoms with Gasteiger partial charge in [0.1, 0.15) is 0 Å². The van der Waals surface area contributed by atoms with Gasteiger partial charge in [0.15, 0.2) is 0 Å². The van der Waals surface area contributed by atoms with Crippen molar-refractivity contribution in [1.82, 2.24) is 0 Å². The zero-order chi connectivity index (χ0) is 18.6. The maximum Gasteiger partial charge on any atom is 0.308 e. The number of esters is 1. The van der Waals surface area contributed by atoms with Crippen LogP contribution in [-0.4, -0.2) is 24.3 Å². The van der Waals surface area contributed by atoms with E-state index < -0.39 is 6.10 Å². The average molecular weight is 357 g/mol. The Bertz CT molecular complexity index is 278. The van der Waals surface area contributed by atoms with E-state index in [1.165, 1.54) is 97.0 Å². The predicted molar refractivity (Wildman–Crippen MR) is 107 cm³/mol. The van der Waals surface area contributed by atoms with Crippen molar-refractivity contribution in [3.8, 4) is 0 Å².